The number of carbonyl (C=O) groups excluding carboxylic acids is 2. The van der Waals surface area contributed by atoms with Crippen molar-refractivity contribution in [3.8, 4) is 6.07 Å². The molecular weight excluding hydrogens is 406 g/mol. The van der Waals surface area contributed by atoms with Crippen LogP contribution in [0, 0.1) is 21.4 Å². The zero-order chi connectivity index (χ0) is 21.7. The van der Waals surface area contributed by atoms with Crippen molar-refractivity contribution < 1.29 is 19.2 Å². The van der Waals surface area contributed by atoms with Crippen LogP contribution in [0.2, 0.25) is 0 Å². The molecule has 0 bridgehead atoms. The summed E-state index contributed by atoms with van der Waals surface area (Å²) < 4.78 is 5.16. The number of carbonyl (C=O) groups is 2. The number of amides is 1. The van der Waals surface area contributed by atoms with Gasteiger partial charge in [-0.15, -0.1) is 11.3 Å². The monoisotopic (exact) mass is 425 g/mol. The predicted molar refractivity (Wildman–Crippen MR) is 112 cm³/mol. The third-order valence-corrected chi connectivity index (χ3v) is 5.88. The smallest absolute Gasteiger partial charge is 0.341 e. The lowest BCUT2D eigenvalue weighted by atomic mass is 9.95. The molecular formula is C21H19N3O5S. The maximum atomic E-state index is 12.8. The highest BCUT2D eigenvalue weighted by Gasteiger charge is 2.28. The number of esters is 1. The molecule has 1 aromatic heterocycles. The van der Waals surface area contributed by atoms with E-state index in [9.17, 15) is 25.0 Å². The number of aryl methyl sites for hydroxylation is 1. The van der Waals surface area contributed by atoms with Crippen molar-refractivity contribution in [3.05, 3.63) is 61.5 Å². The standard InChI is InChI=1S/C21H19N3O5S/c1-2-29-21(26)18-15-8-4-6-10-17(15)30-20(18)23-19(25)14(12-22)11-13-7-3-5-9-16(13)24(27)28/h3,5,7,9,11H,2,4,6,8,10H2,1H3,(H,23,25)/b14-11+. The molecule has 3 rings (SSSR count). The predicted octanol–water partition coefficient (Wildman–Crippen LogP) is 4.26. The summed E-state index contributed by atoms with van der Waals surface area (Å²) in [4.78, 5) is 36.9. The average molecular weight is 425 g/mol. The molecule has 0 radical (unpaired) electrons. The summed E-state index contributed by atoms with van der Waals surface area (Å²) in [5.74, 6) is -1.24. The van der Waals surface area contributed by atoms with E-state index >= 15 is 0 Å². The molecule has 0 unspecified atom stereocenters. The molecule has 1 amide bonds. The van der Waals surface area contributed by atoms with E-state index in [-0.39, 0.29) is 23.4 Å². The minimum absolute atomic E-state index is 0.144. The average Bonchev–Trinajstić information content (AvgIpc) is 3.10. The normalized spacial score (nSPS) is 13.1. The summed E-state index contributed by atoms with van der Waals surface area (Å²) in [5, 5.41) is 23.6. The van der Waals surface area contributed by atoms with Crippen molar-refractivity contribution in [2.24, 2.45) is 0 Å². The molecule has 30 heavy (non-hydrogen) atoms. The molecule has 1 aliphatic carbocycles. The van der Waals surface area contributed by atoms with Crippen LogP contribution in [0.4, 0.5) is 10.7 Å². The Morgan fingerprint density at radius 1 is 1.33 bits per heavy atom. The number of nitro groups is 1. The van der Waals surface area contributed by atoms with Gasteiger partial charge in [0.2, 0.25) is 0 Å². The van der Waals surface area contributed by atoms with Crippen LogP contribution in [0.3, 0.4) is 0 Å². The van der Waals surface area contributed by atoms with Gasteiger partial charge in [0.15, 0.2) is 0 Å². The van der Waals surface area contributed by atoms with Crippen molar-refractivity contribution in [3.63, 3.8) is 0 Å². The first-order valence-electron chi connectivity index (χ1n) is 9.44. The summed E-state index contributed by atoms with van der Waals surface area (Å²) in [6.07, 6.45) is 4.67. The number of nitrogens with zero attached hydrogens (tertiary/aromatic N) is 2. The third-order valence-electron chi connectivity index (χ3n) is 4.68. The number of para-hydroxylation sites is 1. The first-order chi connectivity index (χ1) is 14.5. The summed E-state index contributed by atoms with van der Waals surface area (Å²) in [7, 11) is 0. The number of benzene rings is 1. The second-order valence-corrected chi connectivity index (χ2v) is 7.68. The molecule has 8 nitrogen and oxygen atoms in total. The number of hydrogen-bond donors (Lipinski definition) is 1. The van der Waals surface area contributed by atoms with E-state index in [0.717, 1.165) is 36.1 Å². The highest BCUT2D eigenvalue weighted by atomic mass is 32.1. The fourth-order valence-electron chi connectivity index (χ4n) is 3.32. The zero-order valence-electron chi connectivity index (χ0n) is 16.3. The molecule has 154 valence electrons. The minimum Gasteiger partial charge on any atom is -0.462 e. The first-order valence-corrected chi connectivity index (χ1v) is 10.3. The lowest BCUT2D eigenvalue weighted by Gasteiger charge is -2.12. The summed E-state index contributed by atoms with van der Waals surface area (Å²) >= 11 is 1.31. The van der Waals surface area contributed by atoms with E-state index < -0.39 is 16.8 Å². The van der Waals surface area contributed by atoms with Gasteiger partial charge in [-0.3, -0.25) is 14.9 Å². The Balaban J connectivity index is 1.95. The summed E-state index contributed by atoms with van der Waals surface area (Å²) in [6, 6.07) is 7.62. The number of nitro benzene ring substituents is 1. The summed E-state index contributed by atoms with van der Waals surface area (Å²) in [6.45, 7) is 1.91. The van der Waals surface area contributed by atoms with Crippen LogP contribution >= 0.6 is 11.3 Å². The molecule has 0 aliphatic heterocycles. The Kier molecular flexibility index (Phi) is 6.59. The van der Waals surface area contributed by atoms with E-state index in [1.807, 2.05) is 0 Å². The van der Waals surface area contributed by atoms with Crippen LogP contribution in [0.1, 0.15) is 46.1 Å². The molecule has 1 N–H and O–H groups in total. The molecule has 2 aromatic rings. The van der Waals surface area contributed by atoms with Crippen molar-refractivity contribution in [1.29, 1.82) is 5.26 Å². The Hall–Kier alpha value is -3.51. The Bertz CT molecular complexity index is 1080. The molecule has 0 saturated heterocycles. The van der Waals surface area contributed by atoms with Gasteiger partial charge in [0, 0.05) is 10.9 Å². The number of fused-ring (bicyclic) bond motifs is 1. The Labute approximate surface area is 176 Å². The fourth-order valence-corrected chi connectivity index (χ4v) is 4.60. The van der Waals surface area contributed by atoms with E-state index in [1.54, 1.807) is 19.1 Å². The number of anilines is 1. The first kappa shape index (κ1) is 21.2. The van der Waals surface area contributed by atoms with Crippen LogP contribution in [0.5, 0.6) is 0 Å². The highest BCUT2D eigenvalue weighted by molar-refractivity contribution is 7.17. The van der Waals surface area contributed by atoms with Gasteiger partial charge in [-0.05, 0) is 50.3 Å². The maximum Gasteiger partial charge on any atom is 0.341 e. The molecule has 1 aliphatic rings. The molecule has 0 fully saturated rings. The van der Waals surface area contributed by atoms with Crippen LogP contribution in [0.25, 0.3) is 6.08 Å². The Morgan fingerprint density at radius 2 is 2.07 bits per heavy atom. The van der Waals surface area contributed by atoms with Gasteiger partial charge < -0.3 is 10.1 Å². The van der Waals surface area contributed by atoms with Crippen LogP contribution in [-0.2, 0) is 22.4 Å². The van der Waals surface area contributed by atoms with Crippen molar-refractivity contribution in [2.45, 2.75) is 32.6 Å². The third kappa shape index (κ3) is 4.39. The van der Waals surface area contributed by atoms with Gasteiger partial charge in [-0.25, -0.2) is 4.79 Å². The number of rotatable bonds is 6. The molecule has 0 atom stereocenters. The van der Waals surface area contributed by atoms with Crippen molar-refractivity contribution in [1.82, 2.24) is 0 Å². The molecule has 0 spiro atoms. The second kappa shape index (κ2) is 9.33. The number of nitrogens with one attached hydrogen (secondary N) is 1. The number of ether oxygens (including phenoxy) is 1. The van der Waals surface area contributed by atoms with E-state index in [1.165, 1.54) is 35.6 Å². The SMILES string of the molecule is CCOC(=O)c1c(NC(=O)/C(C#N)=C/c2ccccc2[N+](=O)[O-])sc2c1CCCC2. The summed E-state index contributed by atoms with van der Waals surface area (Å²) in [5.41, 5.74) is 0.863. The van der Waals surface area contributed by atoms with Gasteiger partial charge in [0.1, 0.15) is 16.6 Å². The van der Waals surface area contributed by atoms with Gasteiger partial charge in [0.25, 0.3) is 11.6 Å². The van der Waals surface area contributed by atoms with Gasteiger partial charge in [0.05, 0.1) is 22.7 Å². The Morgan fingerprint density at radius 3 is 2.77 bits per heavy atom. The van der Waals surface area contributed by atoms with Gasteiger partial charge >= 0.3 is 5.97 Å². The van der Waals surface area contributed by atoms with Crippen molar-refractivity contribution in [2.75, 3.05) is 11.9 Å². The minimum atomic E-state index is -0.736. The molecule has 0 saturated carbocycles. The quantitative estimate of drug-likeness (QED) is 0.243. The lowest BCUT2D eigenvalue weighted by molar-refractivity contribution is -0.385. The van der Waals surface area contributed by atoms with E-state index in [0.29, 0.717) is 10.6 Å². The largest absolute Gasteiger partial charge is 0.462 e. The topological polar surface area (TPSA) is 122 Å². The second-order valence-electron chi connectivity index (χ2n) is 6.58. The molecule has 1 heterocycles. The van der Waals surface area contributed by atoms with Crippen molar-refractivity contribution >= 4 is 40.0 Å². The number of hydrogen-bond acceptors (Lipinski definition) is 7. The zero-order valence-corrected chi connectivity index (χ0v) is 17.1. The highest BCUT2D eigenvalue weighted by Crippen LogP contribution is 2.38. The van der Waals surface area contributed by atoms with E-state index in [2.05, 4.69) is 5.32 Å². The molecule has 9 heteroatoms. The van der Waals surface area contributed by atoms with Gasteiger partial charge in [-0.2, -0.15) is 5.26 Å². The number of nitriles is 1. The van der Waals surface area contributed by atoms with Crippen LogP contribution in [0.15, 0.2) is 29.8 Å². The van der Waals surface area contributed by atoms with Crippen LogP contribution < -0.4 is 5.32 Å². The molecule has 1 aromatic carbocycles. The van der Waals surface area contributed by atoms with Crippen LogP contribution in [-0.4, -0.2) is 23.4 Å². The lowest BCUT2D eigenvalue weighted by Crippen LogP contribution is -2.16. The maximum absolute atomic E-state index is 12.8. The number of thiophene rings is 1. The van der Waals surface area contributed by atoms with E-state index in [4.69, 9.17) is 4.74 Å². The fraction of sp³-hybridized carbons (Fsp3) is 0.286. The van der Waals surface area contributed by atoms with Gasteiger partial charge in [-0.1, -0.05) is 12.1 Å².